The summed E-state index contributed by atoms with van der Waals surface area (Å²) >= 11 is 0. The molecule has 0 radical (unpaired) electrons. The van der Waals surface area contributed by atoms with Crippen molar-refractivity contribution in [3.63, 3.8) is 0 Å². The molecule has 0 atom stereocenters. The monoisotopic (exact) mass is 321 g/mol. The zero-order valence-corrected chi connectivity index (χ0v) is 14.4. The van der Waals surface area contributed by atoms with E-state index in [1.807, 2.05) is 6.92 Å². The first kappa shape index (κ1) is 18.8. The van der Waals surface area contributed by atoms with E-state index in [4.69, 9.17) is 4.74 Å². The summed E-state index contributed by atoms with van der Waals surface area (Å²) in [5.41, 5.74) is 0. The van der Waals surface area contributed by atoms with E-state index in [-0.39, 0.29) is 0 Å². The Bertz CT molecular complexity index is 366. The Hall–Kier alpha value is -0.210. The van der Waals surface area contributed by atoms with Crippen molar-refractivity contribution in [2.45, 2.75) is 46.1 Å². The van der Waals surface area contributed by atoms with Gasteiger partial charge in [0.25, 0.3) is 10.2 Å². The first-order valence-corrected chi connectivity index (χ1v) is 9.45. The van der Waals surface area contributed by atoms with Crippen LogP contribution in [0.1, 0.15) is 40.0 Å². The van der Waals surface area contributed by atoms with E-state index in [2.05, 4.69) is 23.9 Å². The minimum atomic E-state index is -3.32. The predicted octanol–water partition coefficient (Wildman–Crippen LogP) is 0.957. The van der Waals surface area contributed by atoms with Crippen molar-refractivity contribution >= 4 is 10.2 Å². The average Bonchev–Trinajstić information content (AvgIpc) is 2.45. The molecule has 6 nitrogen and oxygen atoms in total. The highest BCUT2D eigenvalue weighted by atomic mass is 32.2. The molecule has 1 fully saturated rings. The van der Waals surface area contributed by atoms with Gasteiger partial charge < -0.3 is 10.1 Å². The molecule has 0 aromatic carbocycles. The van der Waals surface area contributed by atoms with Gasteiger partial charge in [0.2, 0.25) is 0 Å². The van der Waals surface area contributed by atoms with Crippen LogP contribution >= 0.6 is 0 Å². The summed E-state index contributed by atoms with van der Waals surface area (Å²) in [6, 6.07) is 0.485. The van der Waals surface area contributed by atoms with Crippen molar-refractivity contribution in [3.8, 4) is 0 Å². The zero-order chi connectivity index (χ0) is 15.7. The molecular formula is C14H31N3O3S. The van der Waals surface area contributed by atoms with Crippen LogP contribution in [0.2, 0.25) is 0 Å². The summed E-state index contributed by atoms with van der Waals surface area (Å²) < 4.78 is 33.7. The maximum absolute atomic E-state index is 12.1. The molecule has 1 rings (SSSR count). The van der Waals surface area contributed by atoms with Crippen molar-refractivity contribution in [2.24, 2.45) is 5.92 Å². The highest BCUT2D eigenvalue weighted by Crippen LogP contribution is 2.18. The standard InChI is InChI=1S/C14H31N3O3S/c1-4-20-11-5-8-16-21(18,19)17-9-6-14(7-10-17)12-15-13(2)3/h13-16H,4-12H2,1-3H3. The lowest BCUT2D eigenvalue weighted by Gasteiger charge is -2.31. The summed E-state index contributed by atoms with van der Waals surface area (Å²) in [6.45, 7) is 10.1. The van der Waals surface area contributed by atoms with E-state index in [9.17, 15) is 8.42 Å². The Labute approximate surface area is 129 Å². The highest BCUT2D eigenvalue weighted by molar-refractivity contribution is 7.87. The predicted molar refractivity (Wildman–Crippen MR) is 85.5 cm³/mol. The minimum Gasteiger partial charge on any atom is -0.382 e. The lowest BCUT2D eigenvalue weighted by molar-refractivity contribution is 0.145. The van der Waals surface area contributed by atoms with E-state index in [1.54, 1.807) is 4.31 Å². The summed E-state index contributed by atoms with van der Waals surface area (Å²) in [4.78, 5) is 0. The van der Waals surface area contributed by atoms with Crippen LogP contribution in [0.5, 0.6) is 0 Å². The molecule has 1 aliphatic rings. The largest absolute Gasteiger partial charge is 0.382 e. The van der Waals surface area contributed by atoms with Gasteiger partial charge in [-0.15, -0.1) is 0 Å². The normalized spacial score (nSPS) is 18.5. The van der Waals surface area contributed by atoms with Crippen LogP contribution in [0.4, 0.5) is 0 Å². The number of rotatable bonds is 10. The molecule has 0 amide bonds. The minimum absolute atomic E-state index is 0.442. The van der Waals surface area contributed by atoms with Crippen LogP contribution in [0.25, 0.3) is 0 Å². The first-order chi connectivity index (χ1) is 9.95. The number of ether oxygens (including phenoxy) is 1. The molecule has 0 spiro atoms. The van der Waals surface area contributed by atoms with E-state index in [1.165, 1.54) is 0 Å². The van der Waals surface area contributed by atoms with E-state index < -0.39 is 10.2 Å². The third-order valence-electron chi connectivity index (χ3n) is 3.68. The number of nitrogens with one attached hydrogen (secondary N) is 2. The summed E-state index contributed by atoms with van der Waals surface area (Å²) in [6.07, 6.45) is 2.57. The van der Waals surface area contributed by atoms with Gasteiger partial charge in [-0.25, -0.2) is 4.72 Å². The van der Waals surface area contributed by atoms with Crippen molar-refractivity contribution in [3.05, 3.63) is 0 Å². The van der Waals surface area contributed by atoms with Crippen molar-refractivity contribution in [1.82, 2.24) is 14.3 Å². The average molecular weight is 321 g/mol. The molecule has 0 bridgehead atoms. The van der Waals surface area contributed by atoms with Crippen LogP contribution in [0.15, 0.2) is 0 Å². The van der Waals surface area contributed by atoms with Crippen molar-refractivity contribution in [1.29, 1.82) is 0 Å². The molecule has 0 saturated carbocycles. The summed E-state index contributed by atoms with van der Waals surface area (Å²) in [7, 11) is -3.32. The zero-order valence-electron chi connectivity index (χ0n) is 13.6. The molecule has 7 heteroatoms. The Morgan fingerprint density at radius 3 is 2.52 bits per heavy atom. The van der Waals surface area contributed by atoms with Gasteiger partial charge in [-0.05, 0) is 38.6 Å². The fourth-order valence-electron chi connectivity index (χ4n) is 2.37. The Balaban J connectivity index is 2.25. The number of piperidine rings is 1. The molecule has 2 N–H and O–H groups in total. The van der Waals surface area contributed by atoms with Crippen molar-refractivity contribution in [2.75, 3.05) is 39.4 Å². The van der Waals surface area contributed by atoms with E-state index in [0.717, 1.165) is 19.4 Å². The SMILES string of the molecule is CCOCCCNS(=O)(=O)N1CCC(CNC(C)C)CC1. The van der Waals surface area contributed by atoms with E-state index in [0.29, 0.717) is 51.2 Å². The van der Waals surface area contributed by atoms with Crippen LogP contribution < -0.4 is 10.0 Å². The lowest BCUT2D eigenvalue weighted by Crippen LogP contribution is -2.46. The Kier molecular flexibility index (Phi) is 8.73. The van der Waals surface area contributed by atoms with Crippen LogP contribution in [0, 0.1) is 5.92 Å². The number of hydrogen-bond acceptors (Lipinski definition) is 4. The van der Waals surface area contributed by atoms with E-state index >= 15 is 0 Å². The molecular weight excluding hydrogens is 290 g/mol. The van der Waals surface area contributed by atoms with Crippen molar-refractivity contribution < 1.29 is 13.2 Å². The molecule has 1 heterocycles. The summed E-state index contributed by atoms with van der Waals surface area (Å²) in [5, 5.41) is 3.43. The fourth-order valence-corrected chi connectivity index (χ4v) is 3.64. The number of nitrogens with zero attached hydrogens (tertiary/aromatic N) is 1. The quantitative estimate of drug-likeness (QED) is 0.588. The fraction of sp³-hybridized carbons (Fsp3) is 1.00. The van der Waals surface area contributed by atoms with Gasteiger partial charge in [-0.3, -0.25) is 0 Å². The van der Waals surface area contributed by atoms with Gasteiger partial charge in [-0.2, -0.15) is 12.7 Å². The molecule has 1 saturated heterocycles. The third-order valence-corrected chi connectivity index (χ3v) is 5.30. The molecule has 0 aliphatic carbocycles. The summed E-state index contributed by atoms with van der Waals surface area (Å²) in [5.74, 6) is 0.580. The Morgan fingerprint density at radius 1 is 1.29 bits per heavy atom. The molecule has 126 valence electrons. The van der Waals surface area contributed by atoms with Gasteiger partial charge >= 0.3 is 0 Å². The van der Waals surface area contributed by atoms with Crippen LogP contribution in [-0.2, 0) is 14.9 Å². The molecule has 21 heavy (non-hydrogen) atoms. The van der Waals surface area contributed by atoms with Gasteiger partial charge in [0.1, 0.15) is 0 Å². The second-order valence-corrected chi connectivity index (χ2v) is 7.61. The lowest BCUT2D eigenvalue weighted by atomic mass is 9.98. The Morgan fingerprint density at radius 2 is 1.95 bits per heavy atom. The highest BCUT2D eigenvalue weighted by Gasteiger charge is 2.27. The smallest absolute Gasteiger partial charge is 0.279 e. The topological polar surface area (TPSA) is 70.7 Å². The van der Waals surface area contributed by atoms with Crippen LogP contribution in [0.3, 0.4) is 0 Å². The van der Waals surface area contributed by atoms with Gasteiger partial charge in [0.05, 0.1) is 0 Å². The molecule has 1 aliphatic heterocycles. The second kappa shape index (κ2) is 9.74. The first-order valence-electron chi connectivity index (χ1n) is 8.01. The molecule has 0 aromatic heterocycles. The molecule has 0 aromatic rings. The molecule has 0 unspecified atom stereocenters. The third kappa shape index (κ3) is 7.56. The maximum atomic E-state index is 12.1. The second-order valence-electron chi connectivity index (χ2n) is 5.86. The van der Waals surface area contributed by atoms with Gasteiger partial charge in [-0.1, -0.05) is 13.8 Å². The van der Waals surface area contributed by atoms with Crippen LogP contribution in [-0.4, -0.2) is 58.2 Å². The number of hydrogen-bond donors (Lipinski definition) is 2. The maximum Gasteiger partial charge on any atom is 0.279 e. The van der Waals surface area contributed by atoms with Gasteiger partial charge in [0.15, 0.2) is 0 Å². The van der Waals surface area contributed by atoms with Gasteiger partial charge in [0, 0.05) is 38.9 Å².